The van der Waals surface area contributed by atoms with Gasteiger partial charge in [0.05, 0.1) is 24.4 Å². The number of H-pyrrole nitrogens is 1. The first-order valence-electron chi connectivity index (χ1n) is 7.92. The highest BCUT2D eigenvalue weighted by Crippen LogP contribution is 2.21. The molecule has 0 spiro atoms. The first kappa shape index (κ1) is 19.1. The number of carbonyl (C=O) groups is 5. The molecule has 1 aromatic heterocycles. The van der Waals surface area contributed by atoms with E-state index >= 15 is 0 Å². The number of aromatic nitrogens is 1. The maximum absolute atomic E-state index is 12.6. The smallest absolute Gasteiger partial charge is 0.340 e. The van der Waals surface area contributed by atoms with Crippen molar-refractivity contribution in [3.05, 3.63) is 35.2 Å². The lowest BCUT2D eigenvalue weighted by atomic mass is 10.1. The summed E-state index contributed by atoms with van der Waals surface area (Å²) in [6, 6.07) is -0.875. The average Bonchev–Trinajstić information content (AvgIpc) is 2.99. The van der Waals surface area contributed by atoms with Gasteiger partial charge in [-0.25, -0.2) is 14.5 Å². The summed E-state index contributed by atoms with van der Waals surface area (Å²) in [4.78, 5) is 64.5. The van der Waals surface area contributed by atoms with Crippen molar-refractivity contribution >= 4 is 29.6 Å². The fourth-order valence-electron chi connectivity index (χ4n) is 2.74. The Balaban J connectivity index is 2.26. The number of imide groups is 2. The first-order chi connectivity index (χ1) is 12.2. The summed E-state index contributed by atoms with van der Waals surface area (Å²) in [5.41, 5.74) is 1.12. The second-order valence-corrected chi connectivity index (χ2v) is 5.65. The zero-order valence-electron chi connectivity index (χ0n) is 14.7. The van der Waals surface area contributed by atoms with Gasteiger partial charge in [-0.2, -0.15) is 0 Å². The SMILES string of the molecule is C=CCN1C(=O)C(=O)N(CC(=O)c2[nH]c(C)c(C(=O)OCC)c2C)C1=O. The highest BCUT2D eigenvalue weighted by Gasteiger charge is 2.44. The number of aryl methyl sites for hydroxylation is 1. The summed E-state index contributed by atoms with van der Waals surface area (Å²) in [7, 11) is 0. The number of rotatable bonds is 7. The van der Waals surface area contributed by atoms with Crippen LogP contribution >= 0.6 is 0 Å². The Morgan fingerprint density at radius 2 is 1.77 bits per heavy atom. The third-order valence-corrected chi connectivity index (χ3v) is 3.94. The Kier molecular flexibility index (Phi) is 5.39. The molecule has 0 saturated carbocycles. The molecule has 0 unspecified atom stereocenters. The second-order valence-electron chi connectivity index (χ2n) is 5.65. The summed E-state index contributed by atoms with van der Waals surface area (Å²) < 4.78 is 4.96. The highest BCUT2D eigenvalue weighted by atomic mass is 16.5. The van der Waals surface area contributed by atoms with Crippen molar-refractivity contribution in [2.75, 3.05) is 19.7 Å². The molecule has 0 atom stereocenters. The molecule has 0 bridgehead atoms. The molecule has 1 N–H and O–H groups in total. The van der Waals surface area contributed by atoms with E-state index in [4.69, 9.17) is 4.74 Å². The molecular formula is C17H19N3O6. The number of nitrogens with one attached hydrogen (secondary N) is 1. The minimum Gasteiger partial charge on any atom is -0.462 e. The van der Waals surface area contributed by atoms with Crippen molar-refractivity contribution in [3.63, 3.8) is 0 Å². The molecule has 1 aromatic rings. The van der Waals surface area contributed by atoms with Crippen LogP contribution in [0.5, 0.6) is 0 Å². The van der Waals surface area contributed by atoms with Gasteiger partial charge in [0.25, 0.3) is 0 Å². The van der Waals surface area contributed by atoms with Crippen molar-refractivity contribution in [2.24, 2.45) is 0 Å². The van der Waals surface area contributed by atoms with Crippen LogP contribution < -0.4 is 0 Å². The highest BCUT2D eigenvalue weighted by molar-refractivity contribution is 6.45. The predicted octanol–water partition coefficient (Wildman–Crippen LogP) is 0.968. The van der Waals surface area contributed by atoms with E-state index in [1.165, 1.54) is 6.08 Å². The van der Waals surface area contributed by atoms with Crippen molar-refractivity contribution < 1.29 is 28.7 Å². The maximum Gasteiger partial charge on any atom is 0.340 e. The van der Waals surface area contributed by atoms with Gasteiger partial charge in [-0.05, 0) is 26.3 Å². The van der Waals surface area contributed by atoms with Crippen molar-refractivity contribution in [2.45, 2.75) is 20.8 Å². The zero-order valence-corrected chi connectivity index (χ0v) is 14.7. The third kappa shape index (κ3) is 3.15. The van der Waals surface area contributed by atoms with Crippen LogP contribution in [0, 0.1) is 13.8 Å². The van der Waals surface area contributed by atoms with Crippen molar-refractivity contribution in [3.8, 4) is 0 Å². The van der Waals surface area contributed by atoms with Crippen LogP contribution in [0.15, 0.2) is 12.7 Å². The quantitative estimate of drug-likeness (QED) is 0.254. The number of hydrogen-bond donors (Lipinski definition) is 1. The minimum atomic E-state index is -1.07. The summed E-state index contributed by atoms with van der Waals surface area (Å²) in [5, 5.41) is 0. The Morgan fingerprint density at radius 3 is 2.35 bits per heavy atom. The molecule has 26 heavy (non-hydrogen) atoms. The molecule has 2 heterocycles. The molecule has 1 aliphatic heterocycles. The molecule has 0 radical (unpaired) electrons. The Labute approximate surface area is 149 Å². The van der Waals surface area contributed by atoms with E-state index in [0.29, 0.717) is 21.1 Å². The number of carbonyl (C=O) groups excluding carboxylic acids is 5. The number of hydrogen-bond acceptors (Lipinski definition) is 6. The van der Waals surface area contributed by atoms with Crippen LogP contribution in [0.25, 0.3) is 0 Å². The van der Waals surface area contributed by atoms with E-state index < -0.39 is 36.1 Å². The summed E-state index contributed by atoms with van der Waals surface area (Å²) >= 11 is 0. The van der Waals surface area contributed by atoms with Gasteiger partial charge < -0.3 is 9.72 Å². The number of ether oxygens (including phenoxy) is 1. The average molecular weight is 361 g/mol. The number of nitrogens with zero attached hydrogens (tertiary/aromatic N) is 2. The molecule has 9 heteroatoms. The van der Waals surface area contributed by atoms with Crippen LogP contribution in [-0.2, 0) is 14.3 Å². The van der Waals surface area contributed by atoms with E-state index in [1.807, 2.05) is 0 Å². The lowest BCUT2D eigenvalue weighted by Gasteiger charge is -2.13. The van der Waals surface area contributed by atoms with Gasteiger partial charge in [0.15, 0.2) is 5.78 Å². The Morgan fingerprint density at radius 1 is 1.15 bits per heavy atom. The van der Waals surface area contributed by atoms with Gasteiger partial charge in [0.1, 0.15) is 0 Å². The number of amides is 4. The van der Waals surface area contributed by atoms with Gasteiger partial charge in [-0.15, -0.1) is 6.58 Å². The third-order valence-electron chi connectivity index (χ3n) is 3.94. The largest absolute Gasteiger partial charge is 0.462 e. The lowest BCUT2D eigenvalue weighted by molar-refractivity contribution is -0.142. The molecule has 0 aromatic carbocycles. The van der Waals surface area contributed by atoms with E-state index in [0.717, 1.165) is 0 Å². The fourth-order valence-corrected chi connectivity index (χ4v) is 2.74. The number of aromatic amines is 1. The molecular weight excluding hydrogens is 342 g/mol. The Hall–Kier alpha value is -3.23. The van der Waals surface area contributed by atoms with Crippen LogP contribution in [-0.4, -0.2) is 64.1 Å². The van der Waals surface area contributed by atoms with Gasteiger partial charge >= 0.3 is 23.8 Å². The molecule has 4 amide bonds. The number of urea groups is 1. The predicted molar refractivity (Wildman–Crippen MR) is 89.6 cm³/mol. The summed E-state index contributed by atoms with van der Waals surface area (Å²) in [6.45, 7) is 7.70. The van der Waals surface area contributed by atoms with Crippen LogP contribution in [0.1, 0.15) is 39.0 Å². The van der Waals surface area contributed by atoms with Crippen LogP contribution in [0.2, 0.25) is 0 Å². The summed E-state index contributed by atoms with van der Waals surface area (Å²) in [5.74, 6) is -3.25. The van der Waals surface area contributed by atoms with Crippen molar-refractivity contribution in [1.29, 1.82) is 0 Å². The normalized spacial score (nSPS) is 14.2. The van der Waals surface area contributed by atoms with Crippen LogP contribution in [0.4, 0.5) is 4.79 Å². The minimum absolute atomic E-state index is 0.0840. The van der Waals surface area contributed by atoms with Crippen molar-refractivity contribution in [1.82, 2.24) is 14.8 Å². The molecule has 0 aliphatic carbocycles. The Bertz CT molecular complexity index is 823. The maximum atomic E-state index is 12.6. The molecule has 138 valence electrons. The topological polar surface area (TPSA) is 117 Å². The molecule has 2 rings (SSSR count). The lowest BCUT2D eigenvalue weighted by Crippen LogP contribution is -2.37. The summed E-state index contributed by atoms with van der Waals surface area (Å²) in [6.07, 6.45) is 1.30. The number of ketones is 1. The van der Waals surface area contributed by atoms with E-state index in [-0.39, 0.29) is 24.4 Å². The molecule has 1 aliphatic rings. The van der Waals surface area contributed by atoms with E-state index in [2.05, 4.69) is 11.6 Å². The van der Waals surface area contributed by atoms with E-state index in [1.54, 1.807) is 20.8 Å². The van der Waals surface area contributed by atoms with E-state index in [9.17, 15) is 24.0 Å². The standard InChI is InChI=1S/C17H19N3O6/c1-5-7-19-14(22)15(23)20(17(19)25)8-11(21)13-9(3)12(10(4)18-13)16(24)26-6-2/h5,18H,1,6-8H2,2-4H3. The van der Waals surface area contributed by atoms with Gasteiger partial charge in [0.2, 0.25) is 0 Å². The fraction of sp³-hybridized carbons (Fsp3) is 0.353. The zero-order chi connectivity index (χ0) is 19.6. The van der Waals surface area contributed by atoms with Gasteiger partial charge in [-0.1, -0.05) is 6.08 Å². The second kappa shape index (κ2) is 7.34. The first-order valence-corrected chi connectivity index (χ1v) is 7.92. The van der Waals surface area contributed by atoms with Gasteiger partial charge in [0, 0.05) is 12.2 Å². The monoisotopic (exact) mass is 361 g/mol. The molecule has 9 nitrogen and oxygen atoms in total. The number of Topliss-reactive ketones (excluding diaryl/α,β-unsaturated/α-hetero) is 1. The number of esters is 1. The van der Waals surface area contributed by atoms with Gasteiger partial charge in [-0.3, -0.25) is 19.3 Å². The molecule has 1 fully saturated rings. The van der Waals surface area contributed by atoms with Crippen LogP contribution in [0.3, 0.4) is 0 Å². The molecule has 1 saturated heterocycles.